The van der Waals surface area contributed by atoms with Gasteiger partial charge in [0.05, 0.1) is 55.6 Å². The highest BCUT2D eigenvalue weighted by Crippen LogP contribution is 2.45. The molecule has 0 bridgehead atoms. The number of aromatic nitrogens is 3. The molecule has 1 amide bonds. The fourth-order valence-electron chi connectivity index (χ4n) is 7.81. The first-order valence-electron chi connectivity index (χ1n) is 20.9. The third-order valence-corrected chi connectivity index (χ3v) is 16.1. The zero-order valence-corrected chi connectivity index (χ0v) is 40.8. The van der Waals surface area contributed by atoms with Crippen LogP contribution in [0.15, 0.2) is 47.7 Å². The number of hydrogen-bond donors (Lipinski definition) is 7. The molecule has 1 saturated carbocycles. The smallest absolute Gasteiger partial charge is 0.294 e. The molecule has 2 aliphatic rings. The van der Waals surface area contributed by atoms with E-state index in [9.17, 15) is 35.9 Å². The Bertz CT molecular complexity index is 2790. The molecule has 4 aromatic rings. The van der Waals surface area contributed by atoms with E-state index in [1.54, 1.807) is 33.0 Å². The zero-order valence-electron chi connectivity index (χ0n) is 37.1. The van der Waals surface area contributed by atoms with Gasteiger partial charge >= 0.3 is 0 Å². The SMILES string of the molecule is C[C@@H]1CC(C(=N)C(F)F)=C(NCC(=O)N[C@@H](Cc2cc(F)cc(F)c2)c2nc(CCC(C)(C)S(=O)(=O)C3CC3)c(I)cc2-c2ccc(Cl)c3c(NC(=N)OC(=N)C(C)(C)O)nn(C)c23)C1(F)F. The van der Waals surface area contributed by atoms with Crippen molar-refractivity contribution < 1.29 is 49.4 Å². The average molecular weight is 1090 g/mol. The van der Waals surface area contributed by atoms with Gasteiger partial charge in [-0.15, -0.1) is 0 Å². The van der Waals surface area contributed by atoms with Crippen LogP contribution in [0.4, 0.5) is 32.2 Å². The molecule has 0 saturated heterocycles. The predicted molar refractivity (Wildman–Crippen MR) is 251 cm³/mol. The van der Waals surface area contributed by atoms with Gasteiger partial charge in [0.25, 0.3) is 18.4 Å². The topological polar surface area (TPSA) is 219 Å². The van der Waals surface area contributed by atoms with Gasteiger partial charge in [0, 0.05) is 39.3 Å². The van der Waals surface area contributed by atoms with Gasteiger partial charge in [0.15, 0.2) is 15.7 Å². The van der Waals surface area contributed by atoms with Gasteiger partial charge in [-0.25, -0.2) is 26.0 Å². The number of carbonyl (C=O) groups excluding carboxylic acids is 1. The molecule has 0 aliphatic heterocycles. The number of aliphatic hydroxyl groups is 1. The predicted octanol–water partition coefficient (Wildman–Crippen LogP) is 8.78. The second-order valence-electron chi connectivity index (χ2n) is 17.8. The quantitative estimate of drug-likeness (QED) is 0.0232. The third kappa shape index (κ3) is 11.1. The molecule has 6 rings (SSSR count). The molecule has 2 aromatic heterocycles. The maximum atomic E-state index is 15.4. The Balaban J connectivity index is 1.50. The van der Waals surface area contributed by atoms with Gasteiger partial charge in [0.2, 0.25) is 11.8 Å². The highest BCUT2D eigenvalue weighted by molar-refractivity contribution is 14.1. The molecule has 0 unspecified atom stereocenters. The minimum atomic E-state index is -3.70. The van der Waals surface area contributed by atoms with Crippen molar-refractivity contribution >= 4 is 84.3 Å². The van der Waals surface area contributed by atoms with Crippen LogP contribution in [0.2, 0.25) is 5.02 Å². The summed E-state index contributed by atoms with van der Waals surface area (Å²) in [5.74, 6) is -8.68. The number of alkyl halides is 4. The maximum absolute atomic E-state index is 15.4. The largest absolute Gasteiger partial charge is 0.408 e. The summed E-state index contributed by atoms with van der Waals surface area (Å²) < 4.78 is 121. The fourth-order valence-corrected chi connectivity index (χ4v) is 10.8. The summed E-state index contributed by atoms with van der Waals surface area (Å²) in [6.07, 6.45) is -2.92. The number of hydrogen-bond acceptors (Lipinski definition) is 11. The molecular formula is C44H49ClF6IN9O5S. The van der Waals surface area contributed by atoms with Crippen molar-refractivity contribution in [3.05, 3.63) is 84.8 Å². The van der Waals surface area contributed by atoms with E-state index in [1.165, 1.54) is 24.6 Å². The second kappa shape index (κ2) is 19.3. The highest BCUT2D eigenvalue weighted by Gasteiger charge is 2.50. The van der Waals surface area contributed by atoms with Crippen LogP contribution in [-0.4, -0.2) is 86.3 Å². The molecule has 23 heteroatoms. The standard InChI is InChI=1S/C44H49ClF6IN9O5S/c1-20-13-27(34(53)38(48)49)37(44(20,50)51)56-19-32(62)57-31(16-21-14-22(46)17-23(47)15-21)35-26(18-29(52)30(58-35)11-12-42(2,3)67(64,65)24-7-8-24)25-9-10-28(45)33-36(25)61(6)60-39(33)59-41(55)66-40(54)43(4,5)63/h9-10,14-15,17-18,20,24,31,38,53-54,56,63H,7-8,11-13,16,19H2,1-6H3,(H,57,62)(H2,55,59,60)/t20-,31+/m1/s1. The van der Waals surface area contributed by atoms with Crippen molar-refractivity contribution in [1.29, 1.82) is 16.2 Å². The Morgan fingerprint density at radius 3 is 2.31 bits per heavy atom. The lowest BCUT2D eigenvalue weighted by Gasteiger charge is -2.26. The number of aryl methyl sites for hydroxylation is 2. The van der Waals surface area contributed by atoms with Crippen molar-refractivity contribution in [2.24, 2.45) is 13.0 Å². The second-order valence-corrected chi connectivity index (χ2v) is 22.3. The molecule has 2 heterocycles. The van der Waals surface area contributed by atoms with Crippen LogP contribution in [-0.2, 0) is 39.3 Å². The van der Waals surface area contributed by atoms with Gasteiger partial charge in [0.1, 0.15) is 22.9 Å². The van der Waals surface area contributed by atoms with E-state index in [2.05, 4.69) is 21.0 Å². The Labute approximate surface area is 401 Å². The van der Waals surface area contributed by atoms with E-state index < -0.39 is 109 Å². The van der Waals surface area contributed by atoms with Crippen LogP contribution in [0.3, 0.4) is 0 Å². The lowest BCUT2D eigenvalue weighted by molar-refractivity contribution is -0.121. The molecule has 0 spiro atoms. The van der Waals surface area contributed by atoms with Crippen LogP contribution >= 0.6 is 34.2 Å². The van der Waals surface area contributed by atoms with Gasteiger partial charge in [-0.1, -0.05) is 24.6 Å². The first-order chi connectivity index (χ1) is 31.0. The number of ether oxygens (including phenoxy) is 1. The molecule has 1 fully saturated rings. The Hall–Kier alpha value is -4.81. The zero-order chi connectivity index (χ0) is 49.7. The molecule has 14 nitrogen and oxygen atoms in total. The molecular weight excluding hydrogens is 1040 g/mol. The summed E-state index contributed by atoms with van der Waals surface area (Å²) in [6.45, 7) is 6.06. The summed E-state index contributed by atoms with van der Waals surface area (Å²) in [5, 5.41) is 46.5. The number of fused-ring (bicyclic) bond motifs is 1. The van der Waals surface area contributed by atoms with Gasteiger partial charge < -0.3 is 20.5 Å². The molecule has 67 heavy (non-hydrogen) atoms. The van der Waals surface area contributed by atoms with E-state index in [0.29, 0.717) is 44.8 Å². The van der Waals surface area contributed by atoms with Gasteiger partial charge in [-0.2, -0.15) is 13.9 Å². The molecule has 2 atom stereocenters. The van der Waals surface area contributed by atoms with Crippen molar-refractivity contribution in [2.45, 2.75) is 107 Å². The number of amides is 1. The van der Waals surface area contributed by atoms with Crippen molar-refractivity contribution in [3.63, 3.8) is 0 Å². The minimum absolute atomic E-state index is 0.00406. The number of halogens is 8. The summed E-state index contributed by atoms with van der Waals surface area (Å²) in [6, 6.07) is 5.52. The number of sulfone groups is 1. The monoisotopic (exact) mass is 1090 g/mol. The Morgan fingerprint density at radius 1 is 1.07 bits per heavy atom. The normalized spacial score (nSPS) is 16.9. The summed E-state index contributed by atoms with van der Waals surface area (Å²) in [4.78, 5) is 19.1. The number of pyridine rings is 1. The van der Waals surface area contributed by atoms with E-state index >= 15 is 8.78 Å². The number of anilines is 1. The summed E-state index contributed by atoms with van der Waals surface area (Å²) in [7, 11) is -1.98. The van der Waals surface area contributed by atoms with E-state index in [1.807, 2.05) is 22.6 Å². The van der Waals surface area contributed by atoms with E-state index in [4.69, 9.17) is 37.5 Å². The van der Waals surface area contributed by atoms with Crippen LogP contribution < -0.4 is 16.0 Å². The van der Waals surface area contributed by atoms with Crippen LogP contribution in [0, 0.1) is 37.4 Å². The lowest BCUT2D eigenvalue weighted by atomic mass is 9.93. The number of benzene rings is 2. The summed E-state index contributed by atoms with van der Waals surface area (Å²) in [5.41, 5.74) is -3.17. The van der Waals surface area contributed by atoms with Crippen molar-refractivity contribution in [1.82, 2.24) is 25.4 Å². The van der Waals surface area contributed by atoms with Crippen molar-refractivity contribution in [3.8, 4) is 11.1 Å². The first kappa shape index (κ1) is 51.6. The summed E-state index contributed by atoms with van der Waals surface area (Å²) >= 11 is 8.81. The van der Waals surface area contributed by atoms with E-state index in [0.717, 1.165) is 19.1 Å². The van der Waals surface area contributed by atoms with E-state index in [-0.39, 0.29) is 46.7 Å². The molecule has 2 aliphatic carbocycles. The van der Waals surface area contributed by atoms with Crippen LogP contribution in [0.25, 0.3) is 22.0 Å². The van der Waals surface area contributed by atoms with Crippen LogP contribution in [0.1, 0.15) is 83.3 Å². The number of allylic oxidation sites excluding steroid dienone is 2. The number of carbonyl (C=O) groups is 1. The average Bonchev–Trinajstić information content (AvgIpc) is 3.99. The Kier molecular flexibility index (Phi) is 14.9. The van der Waals surface area contributed by atoms with Gasteiger partial charge in [-0.05, 0) is 119 Å². The van der Waals surface area contributed by atoms with Crippen LogP contribution in [0.5, 0.6) is 0 Å². The maximum Gasteiger partial charge on any atom is 0.294 e. The van der Waals surface area contributed by atoms with Crippen molar-refractivity contribution in [2.75, 3.05) is 11.9 Å². The Morgan fingerprint density at radius 2 is 1.72 bits per heavy atom. The third-order valence-electron chi connectivity index (χ3n) is 11.8. The fraction of sp³-hybridized carbons (Fsp3) is 0.455. The molecule has 7 N–H and O–H groups in total. The number of nitrogens with zero attached hydrogens (tertiary/aromatic N) is 3. The van der Waals surface area contributed by atoms with Gasteiger partial charge in [-0.3, -0.25) is 36.0 Å². The number of rotatable bonds is 17. The molecule has 0 radical (unpaired) electrons. The number of nitrogens with one attached hydrogen (secondary N) is 6. The first-order valence-corrected chi connectivity index (χ1v) is 23.9. The minimum Gasteiger partial charge on any atom is -0.408 e. The molecule has 362 valence electrons. The highest BCUT2D eigenvalue weighted by atomic mass is 127. The molecule has 2 aromatic carbocycles. The number of amidine groups is 1. The lowest BCUT2D eigenvalue weighted by Crippen LogP contribution is -2.41.